The number of rotatable bonds is 7. The molecule has 1 N–H and O–H groups in total. The highest BCUT2D eigenvalue weighted by Gasteiger charge is 2.09. The molecule has 4 heteroatoms. The second kappa shape index (κ2) is 10.0. The van der Waals surface area contributed by atoms with E-state index in [-0.39, 0.29) is 12.5 Å². The van der Waals surface area contributed by atoms with Gasteiger partial charge in [-0.1, -0.05) is 37.1 Å². The fourth-order valence-corrected chi connectivity index (χ4v) is 3.45. The van der Waals surface area contributed by atoms with Gasteiger partial charge < -0.3 is 15.0 Å². The lowest BCUT2D eigenvalue weighted by molar-refractivity contribution is -0.123. The van der Waals surface area contributed by atoms with Crippen molar-refractivity contribution in [3.05, 3.63) is 59.7 Å². The molecule has 0 saturated carbocycles. The first-order chi connectivity index (χ1) is 13.2. The van der Waals surface area contributed by atoms with Crippen LogP contribution in [0.4, 0.5) is 5.69 Å². The van der Waals surface area contributed by atoms with Gasteiger partial charge in [0.05, 0.1) is 0 Å². The molecule has 0 atom stereocenters. The Morgan fingerprint density at radius 2 is 1.78 bits per heavy atom. The number of hydrogen-bond acceptors (Lipinski definition) is 3. The molecule has 1 fully saturated rings. The minimum absolute atomic E-state index is 0.0529. The molecule has 2 aromatic rings. The summed E-state index contributed by atoms with van der Waals surface area (Å²) >= 11 is 0. The van der Waals surface area contributed by atoms with Crippen LogP contribution in [0.3, 0.4) is 0 Å². The molecule has 0 spiro atoms. The van der Waals surface area contributed by atoms with Crippen molar-refractivity contribution in [2.45, 2.75) is 39.0 Å². The molecule has 0 unspecified atom stereocenters. The molecule has 1 saturated heterocycles. The van der Waals surface area contributed by atoms with Crippen molar-refractivity contribution < 1.29 is 9.53 Å². The van der Waals surface area contributed by atoms with Crippen LogP contribution in [0.25, 0.3) is 0 Å². The van der Waals surface area contributed by atoms with Crippen molar-refractivity contribution in [1.82, 2.24) is 5.32 Å². The highest BCUT2D eigenvalue weighted by Crippen LogP contribution is 2.20. The van der Waals surface area contributed by atoms with Crippen molar-refractivity contribution in [3.63, 3.8) is 0 Å². The SMILES string of the molecule is Cc1cccc(OCC(=O)NCCc2ccc(N3CCCCCC3)cc2)c1. The summed E-state index contributed by atoms with van der Waals surface area (Å²) in [5.74, 6) is 0.645. The van der Waals surface area contributed by atoms with E-state index in [0.29, 0.717) is 6.54 Å². The summed E-state index contributed by atoms with van der Waals surface area (Å²) in [6.07, 6.45) is 6.11. The zero-order valence-electron chi connectivity index (χ0n) is 16.2. The quantitative estimate of drug-likeness (QED) is 0.802. The van der Waals surface area contributed by atoms with Gasteiger partial charge in [-0.25, -0.2) is 0 Å². The van der Waals surface area contributed by atoms with E-state index in [1.807, 2.05) is 31.2 Å². The van der Waals surface area contributed by atoms with E-state index in [1.54, 1.807) is 0 Å². The fourth-order valence-electron chi connectivity index (χ4n) is 3.45. The van der Waals surface area contributed by atoms with Crippen LogP contribution in [0.1, 0.15) is 36.8 Å². The van der Waals surface area contributed by atoms with Gasteiger partial charge in [0.25, 0.3) is 5.91 Å². The van der Waals surface area contributed by atoms with Crippen molar-refractivity contribution >= 4 is 11.6 Å². The molecule has 0 bridgehead atoms. The van der Waals surface area contributed by atoms with Crippen molar-refractivity contribution in [3.8, 4) is 5.75 Å². The van der Waals surface area contributed by atoms with Crippen molar-refractivity contribution in [2.75, 3.05) is 31.1 Å². The lowest BCUT2D eigenvalue weighted by Gasteiger charge is -2.22. The Balaban J connectivity index is 1.38. The number of aryl methyl sites for hydroxylation is 1. The number of anilines is 1. The topological polar surface area (TPSA) is 41.6 Å². The predicted octanol–water partition coefficient (Wildman–Crippen LogP) is 4.11. The van der Waals surface area contributed by atoms with Crippen LogP contribution < -0.4 is 15.0 Å². The van der Waals surface area contributed by atoms with E-state index >= 15 is 0 Å². The predicted molar refractivity (Wildman–Crippen MR) is 111 cm³/mol. The molecule has 0 radical (unpaired) electrons. The van der Waals surface area contributed by atoms with Crippen LogP contribution in [0.2, 0.25) is 0 Å². The maximum Gasteiger partial charge on any atom is 0.257 e. The summed E-state index contributed by atoms with van der Waals surface area (Å²) < 4.78 is 5.53. The van der Waals surface area contributed by atoms with E-state index in [4.69, 9.17) is 4.74 Å². The minimum Gasteiger partial charge on any atom is -0.484 e. The molecule has 0 aromatic heterocycles. The molecule has 27 heavy (non-hydrogen) atoms. The Bertz CT molecular complexity index is 719. The fraction of sp³-hybridized carbons (Fsp3) is 0.435. The molecule has 0 aliphatic carbocycles. The standard InChI is InChI=1S/C23H30N2O2/c1-19-7-6-8-22(17-19)27-18-23(26)24-14-13-20-9-11-21(12-10-20)25-15-4-2-3-5-16-25/h6-12,17H,2-5,13-16,18H2,1H3,(H,24,26). The maximum absolute atomic E-state index is 11.9. The van der Waals surface area contributed by atoms with Crippen LogP contribution in [0, 0.1) is 6.92 Å². The van der Waals surface area contributed by atoms with Gasteiger partial charge in [-0.2, -0.15) is 0 Å². The zero-order chi connectivity index (χ0) is 18.9. The molecule has 144 valence electrons. The van der Waals surface area contributed by atoms with E-state index in [1.165, 1.54) is 36.9 Å². The van der Waals surface area contributed by atoms with Crippen molar-refractivity contribution in [2.24, 2.45) is 0 Å². The Morgan fingerprint density at radius 3 is 2.48 bits per heavy atom. The number of hydrogen-bond donors (Lipinski definition) is 1. The maximum atomic E-state index is 11.9. The molecule has 1 heterocycles. The van der Waals surface area contributed by atoms with Gasteiger partial charge in [0, 0.05) is 25.3 Å². The molecule has 1 aliphatic heterocycles. The Labute approximate surface area is 162 Å². The summed E-state index contributed by atoms with van der Waals surface area (Å²) in [5.41, 5.74) is 3.68. The molecule has 4 nitrogen and oxygen atoms in total. The third-order valence-electron chi connectivity index (χ3n) is 5.00. The van der Waals surface area contributed by atoms with Crippen molar-refractivity contribution in [1.29, 1.82) is 0 Å². The zero-order valence-corrected chi connectivity index (χ0v) is 16.2. The number of nitrogens with zero attached hydrogens (tertiary/aromatic N) is 1. The second-order valence-corrected chi connectivity index (χ2v) is 7.27. The molecule has 3 rings (SSSR count). The van der Waals surface area contributed by atoms with Gasteiger partial charge in [0.15, 0.2) is 6.61 Å². The van der Waals surface area contributed by atoms with Gasteiger partial charge >= 0.3 is 0 Å². The molecular formula is C23H30N2O2. The molecule has 1 amide bonds. The van der Waals surface area contributed by atoms with Gasteiger partial charge in [-0.15, -0.1) is 0 Å². The summed E-state index contributed by atoms with van der Waals surface area (Å²) in [5, 5.41) is 2.93. The average molecular weight is 367 g/mol. The van der Waals surface area contributed by atoms with Crippen LogP contribution >= 0.6 is 0 Å². The van der Waals surface area contributed by atoms with E-state index in [2.05, 4.69) is 34.5 Å². The molecular weight excluding hydrogens is 336 g/mol. The number of carbonyl (C=O) groups is 1. The first-order valence-corrected chi connectivity index (χ1v) is 10.0. The lowest BCUT2D eigenvalue weighted by Crippen LogP contribution is -2.30. The largest absolute Gasteiger partial charge is 0.484 e. The lowest BCUT2D eigenvalue weighted by atomic mass is 10.1. The van der Waals surface area contributed by atoms with Crippen LogP contribution in [-0.4, -0.2) is 32.1 Å². The number of amides is 1. The molecule has 1 aliphatic rings. The van der Waals surface area contributed by atoms with Gasteiger partial charge in [-0.3, -0.25) is 4.79 Å². The second-order valence-electron chi connectivity index (χ2n) is 7.27. The summed E-state index contributed by atoms with van der Waals surface area (Å²) in [6, 6.07) is 16.5. The molecule has 2 aromatic carbocycles. The number of ether oxygens (including phenoxy) is 1. The Hall–Kier alpha value is -2.49. The summed E-state index contributed by atoms with van der Waals surface area (Å²) in [4.78, 5) is 14.4. The van der Waals surface area contributed by atoms with Gasteiger partial charge in [-0.05, 0) is 61.6 Å². The van der Waals surface area contributed by atoms with Gasteiger partial charge in [0.2, 0.25) is 0 Å². The monoisotopic (exact) mass is 366 g/mol. The normalized spacial score (nSPS) is 14.5. The number of benzene rings is 2. The Kier molecular flexibility index (Phi) is 7.14. The van der Waals surface area contributed by atoms with E-state index in [0.717, 1.165) is 30.8 Å². The average Bonchev–Trinajstić information content (AvgIpc) is 2.97. The van der Waals surface area contributed by atoms with Crippen LogP contribution in [0.15, 0.2) is 48.5 Å². The summed E-state index contributed by atoms with van der Waals surface area (Å²) in [6.45, 7) is 5.01. The third-order valence-corrected chi connectivity index (χ3v) is 5.00. The highest BCUT2D eigenvalue weighted by atomic mass is 16.5. The Morgan fingerprint density at radius 1 is 1.04 bits per heavy atom. The highest BCUT2D eigenvalue weighted by molar-refractivity contribution is 5.77. The van der Waals surface area contributed by atoms with E-state index < -0.39 is 0 Å². The number of carbonyl (C=O) groups excluding carboxylic acids is 1. The minimum atomic E-state index is -0.0855. The first kappa shape index (κ1) is 19.3. The van der Waals surface area contributed by atoms with E-state index in [9.17, 15) is 4.79 Å². The first-order valence-electron chi connectivity index (χ1n) is 10.0. The summed E-state index contributed by atoms with van der Waals surface area (Å²) in [7, 11) is 0. The van der Waals surface area contributed by atoms with Crippen LogP contribution in [0.5, 0.6) is 5.75 Å². The number of nitrogens with one attached hydrogen (secondary N) is 1. The smallest absolute Gasteiger partial charge is 0.257 e. The van der Waals surface area contributed by atoms with Crippen LogP contribution in [-0.2, 0) is 11.2 Å². The third kappa shape index (κ3) is 6.31. The van der Waals surface area contributed by atoms with Gasteiger partial charge in [0.1, 0.15) is 5.75 Å².